The van der Waals surface area contributed by atoms with Crippen LogP contribution in [0.3, 0.4) is 0 Å². The van der Waals surface area contributed by atoms with Gasteiger partial charge in [-0.05, 0) is 18.3 Å². The molecule has 192 valence electrons. The van der Waals surface area contributed by atoms with Crippen molar-refractivity contribution in [1.82, 2.24) is 10.6 Å². The Kier molecular flexibility index (Phi) is 16.4. The fourth-order valence-electron chi connectivity index (χ4n) is 2.29. The third kappa shape index (κ3) is 24.3. The number of unbranched alkanes of at least 4 members (excludes halogenated alkanes) is 3. The van der Waals surface area contributed by atoms with Crippen molar-refractivity contribution in [2.24, 2.45) is 16.2 Å². The smallest absolute Gasteiger partial charge is 0.225 e. The standard InChI is InChI=1S/C15H31NO.C11H23NOS2/c1-14(2,3)11-9-7-8-10-12-16-13(17)15(4,5)6;1-10(2,3)9(13)12-7-8-14-15-11(4,5)6/h7-12H2,1-6H3,(H,16,17);7-8H2,1-6H3,(H,12,13). The Labute approximate surface area is 208 Å². The number of amides is 2. The molecule has 0 atom stereocenters. The summed E-state index contributed by atoms with van der Waals surface area (Å²) in [6.45, 7) is 26.7. The Hall–Kier alpha value is -0.360. The lowest BCUT2D eigenvalue weighted by atomic mass is 9.89. The van der Waals surface area contributed by atoms with Gasteiger partial charge in [0.2, 0.25) is 11.8 Å². The highest BCUT2D eigenvalue weighted by Crippen LogP contribution is 2.34. The summed E-state index contributed by atoms with van der Waals surface area (Å²) in [5.41, 5.74) is -0.0749. The van der Waals surface area contributed by atoms with Gasteiger partial charge in [-0.3, -0.25) is 9.59 Å². The monoisotopic (exact) mass is 490 g/mol. The van der Waals surface area contributed by atoms with Crippen LogP contribution in [0.15, 0.2) is 0 Å². The van der Waals surface area contributed by atoms with Crippen LogP contribution in [0, 0.1) is 16.2 Å². The van der Waals surface area contributed by atoms with Crippen molar-refractivity contribution >= 4 is 33.4 Å². The first-order valence-corrected chi connectivity index (χ1v) is 14.4. The van der Waals surface area contributed by atoms with E-state index in [0.717, 1.165) is 25.3 Å². The molecular formula is C26H54N2O2S2. The van der Waals surface area contributed by atoms with Gasteiger partial charge in [0.15, 0.2) is 0 Å². The van der Waals surface area contributed by atoms with Gasteiger partial charge in [0, 0.05) is 34.4 Å². The van der Waals surface area contributed by atoms with Crippen LogP contribution in [0.4, 0.5) is 0 Å². The van der Waals surface area contributed by atoms with Gasteiger partial charge in [-0.2, -0.15) is 0 Å². The zero-order valence-corrected chi connectivity index (χ0v) is 24.9. The molecule has 0 rings (SSSR count). The molecular weight excluding hydrogens is 436 g/mol. The number of hydrogen-bond donors (Lipinski definition) is 2. The normalized spacial score (nSPS) is 12.6. The van der Waals surface area contributed by atoms with E-state index in [1.807, 2.05) is 63.1 Å². The van der Waals surface area contributed by atoms with Gasteiger partial charge in [-0.15, -0.1) is 0 Å². The zero-order valence-electron chi connectivity index (χ0n) is 23.3. The molecule has 0 aromatic heterocycles. The molecule has 0 aliphatic heterocycles. The average molecular weight is 491 g/mol. The van der Waals surface area contributed by atoms with Gasteiger partial charge < -0.3 is 10.6 Å². The fourth-order valence-corrected chi connectivity index (χ4v) is 4.47. The van der Waals surface area contributed by atoms with Gasteiger partial charge in [0.05, 0.1) is 0 Å². The molecule has 0 aliphatic carbocycles. The van der Waals surface area contributed by atoms with E-state index in [4.69, 9.17) is 0 Å². The molecule has 2 N–H and O–H groups in total. The number of nitrogens with one attached hydrogen (secondary N) is 2. The maximum atomic E-state index is 11.6. The van der Waals surface area contributed by atoms with Crippen LogP contribution in [-0.2, 0) is 9.59 Å². The minimum atomic E-state index is -0.276. The van der Waals surface area contributed by atoms with Crippen molar-refractivity contribution in [3.05, 3.63) is 0 Å². The summed E-state index contributed by atoms with van der Waals surface area (Å²) < 4.78 is 0.290. The summed E-state index contributed by atoms with van der Waals surface area (Å²) in [4.78, 5) is 23.1. The van der Waals surface area contributed by atoms with Crippen LogP contribution < -0.4 is 10.6 Å². The summed E-state index contributed by atoms with van der Waals surface area (Å²) in [5.74, 6) is 1.25. The summed E-state index contributed by atoms with van der Waals surface area (Å²) in [6.07, 6.45) is 6.20. The van der Waals surface area contributed by atoms with Crippen LogP contribution in [0.25, 0.3) is 0 Å². The predicted octanol–water partition coefficient (Wildman–Crippen LogP) is 7.47. The summed E-state index contributed by atoms with van der Waals surface area (Å²) in [7, 11) is 3.67. The number of rotatable bonds is 10. The topological polar surface area (TPSA) is 58.2 Å². The lowest BCUT2D eigenvalue weighted by Crippen LogP contribution is -2.35. The van der Waals surface area contributed by atoms with Crippen LogP contribution in [0.1, 0.15) is 115 Å². The molecule has 0 bridgehead atoms. The summed E-state index contributed by atoms with van der Waals surface area (Å²) in [6, 6.07) is 0. The van der Waals surface area contributed by atoms with Gasteiger partial charge in [-0.1, -0.05) is 124 Å². The molecule has 6 heteroatoms. The van der Waals surface area contributed by atoms with Crippen molar-refractivity contribution in [2.45, 2.75) is 120 Å². The first kappa shape index (κ1) is 33.8. The zero-order chi connectivity index (χ0) is 25.6. The number of carbonyl (C=O) groups is 2. The molecule has 0 heterocycles. The van der Waals surface area contributed by atoms with E-state index in [2.05, 4.69) is 52.2 Å². The fraction of sp³-hybridized carbons (Fsp3) is 0.923. The van der Waals surface area contributed by atoms with Crippen LogP contribution >= 0.6 is 21.6 Å². The largest absolute Gasteiger partial charge is 0.356 e. The molecule has 0 fully saturated rings. The first-order chi connectivity index (χ1) is 14.3. The second-order valence-corrected chi connectivity index (χ2v) is 16.0. The van der Waals surface area contributed by atoms with Gasteiger partial charge >= 0.3 is 0 Å². The Bertz CT molecular complexity index is 522. The molecule has 0 aromatic rings. The molecule has 0 unspecified atom stereocenters. The van der Waals surface area contributed by atoms with E-state index < -0.39 is 0 Å². The van der Waals surface area contributed by atoms with E-state index in [1.54, 1.807) is 0 Å². The predicted molar refractivity (Wildman–Crippen MR) is 147 cm³/mol. The molecule has 4 nitrogen and oxygen atoms in total. The minimum Gasteiger partial charge on any atom is -0.356 e. The number of carbonyl (C=O) groups excluding carboxylic acids is 2. The van der Waals surface area contributed by atoms with Gasteiger partial charge in [-0.25, -0.2) is 0 Å². The molecule has 2 amide bonds. The van der Waals surface area contributed by atoms with Crippen molar-refractivity contribution in [3.63, 3.8) is 0 Å². The minimum absolute atomic E-state index is 0.129. The van der Waals surface area contributed by atoms with Crippen molar-refractivity contribution in [2.75, 3.05) is 18.8 Å². The second kappa shape index (κ2) is 15.5. The van der Waals surface area contributed by atoms with Gasteiger partial charge in [0.1, 0.15) is 0 Å². The third-order valence-electron chi connectivity index (χ3n) is 4.28. The Morgan fingerprint density at radius 1 is 0.625 bits per heavy atom. The number of hydrogen-bond acceptors (Lipinski definition) is 4. The van der Waals surface area contributed by atoms with Crippen molar-refractivity contribution in [3.8, 4) is 0 Å². The van der Waals surface area contributed by atoms with E-state index in [9.17, 15) is 9.59 Å². The molecule has 32 heavy (non-hydrogen) atoms. The maximum Gasteiger partial charge on any atom is 0.225 e. The SMILES string of the molecule is CC(C)(C)CCCCCCNC(=O)C(C)(C)C.CC(C)(C)SSCCNC(=O)C(C)(C)C. The lowest BCUT2D eigenvalue weighted by Gasteiger charge is -2.19. The van der Waals surface area contributed by atoms with E-state index in [1.165, 1.54) is 25.7 Å². The van der Waals surface area contributed by atoms with Crippen molar-refractivity contribution in [1.29, 1.82) is 0 Å². The van der Waals surface area contributed by atoms with E-state index >= 15 is 0 Å². The van der Waals surface area contributed by atoms with Crippen LogP contribution in [0.5, 0.6) is 0 Å². The second-order valence-electron chi connectivity index (χ2n) is 12.8. The van der Waals surface area contributed by atoms with E-state index in [-0.39, 0.29) is 22.6 Å². The third-order valence-corrected chi connectivity index (χ3v) is 7.62. The van der Waals surface area contributed by atoms with Crippen molar-refractivity contribution < 1.29 is 9.59 Å². The highest BCUT2D eigenvalue weighted by Gasteiger charge is 2.21. The molecule has 0 aliphatic rings. The summed E-state index contributed by atoms with van der Waals surface area (Å²) in [5, 5.41) is 5.93. The Balaban J connectivity index is 0. The van der Waals surface area contributed by atoms with Crippen LogP contribution in [0.2, 0.25) is 0 Å². The summed E-state index contributed by atoms with van der Waals surface area (Å²) >= 11 is 0. The molecule has 0 spiro atoms. The molecule has 0 saturated carbocycles. The molecule has 0 saturated heterocycles. The highest BCUT2D eigenvalue weighted by molar-refractivity contribution is 8.77. The Morgan fingerprint density at radius 2 is 1.06 bits per heavy atom. The Morgan fingerprint density at radius 3 is 1.47 bits per heavy atom. The van der Waals surface area contributed by atoms with Crippen LogP contribution in [-0.4, -0.2) is 35.4 Å². The molecule has 0 aromatic carbocycles. The lowest BCUT2D eigenvalue weighted by molar-refractivity contribution is -0.129. The maximum absolute atomic E-state index is 11.6. The van der Waals surface area contributed by atoms with Gasteiger partial charge in [0.25, 0.3) is 0 Å². The quantitative estimate of drug-likeness (QED) is 0.246. The highest BCUT2D eigenvalue weighted by atomic mass is 33.1. The molecule has 0 radical (unpaired) electrons. The average Bonchev–Trinajstić information content (AvgIpc) is 2.57. The first-order valence-electron chi connectivity index (χ1n) is 12.1. The van der Waals surface area contributed by atoms with E-state index in [0.29, 0.717) is 10.2 Å².